The fraction of sp³-hybridized carbons (Fsp3) is 0.417. The van der Waals surface area contributed by atoms with Crippen molar-refractivity contribution in [3.8, 4) is 5.75 Å². The molecule has 1 unspecified atom stereocenters. The van der Waals surface area contributed by atoms with Crippen molar-refractivity contribution in [3.05, 3.63) is 36.5 Å². The molecule has 3 heteroatoms. The Morgan fingerprint density at radius 2 is 2.13 bits per heavy atom. The number of hydrogen-bond acceptors (Lipinski definition) is 2. The fourth-order valence-electron chi connectivity index (χ4n) is 1.53. The SMILES string of the molecule is Fc1ccc(OCC2CC[CH]CO2)cc1. The Kier molecular flexibility index (Phi) is 3.56. The van der Waals surface area contributed by atoms with Gasteiger partial charge in [0.2, 0.25) is 0 Å². The van der Waals surface area contributed by atoms with Gasteiger partial charge in [-0.25, -0.2) is 4.39 Å². The van der Waals surface area contributed by atoms with Crippen LogP contribution in [0, 0.1) is 12.2 Å². The van der Waals surface area contributed by atoms with Crippen LogP contribution in [-0.4, -0.2) is 19.3 Å². The zero-order valence-corrected chi connectivity index (χ0v) is 8.49. The fourth-order valence-corrected chi connectivity index (χ4v) is 1.53. The summed E-state index contributed by atoms with van der Waals surface area (Å²) >= 11 is 0. The maximum Gasteiger partial charge on any atom is 0.123 e. The van der Waals surface area contributed by atoms with Gasteiger partial charge in [-0.15, -0.1) is 0 Å². The first-order valence-corrected chi connectivity index (χ1v) is 5.16. The van der Waals surface area contributed by atoms with Crippen LogP contribution in [-0.2, 0) is 4.74 Å². The monoisotopic (exact) mass is 209 g/mol. The first-order chi connectivity index (χ1) is 7.34. The van der Waals surface area contributed by atoms with Gasteiger partial charge >= 0.3 is 0 Å². The van der Waals surface area contributed by atoms with Crippen molar-refractivity contribution in [2.24, 2.45) is 0 Å². The highest BCUT2D eigenvalue weighted by Crippen LogP contribution is 2.15. The minimum absolute atomic E-state index is 0.167. The maximum absolute atomic E-state index is 12.6. The largest absolute Gasteiger partial charge is 0.491 e. The predicted molar refractivity (Wildman–Crippen MR) is 55.2 cm³/mol. The molecule has 81 valence electrons. The third-order valence-corrected chi connectivity index (χ3v) is 2.39. The summed E-state index contributed by atoms with van der Waals surface area (Å²) in [5.74, 6) is 0.445. The zero-order chi connectivity index (χ0) is 10.5. The lowest BCUT2D eigenvalue weighted by Crippen LogP contribution is -2.26. The van der Waals surface area contributed by atoms with Crippen LogP contribution in [0.2, 0.25) is 0 Å². The van der Waals surface area contributed by atoms with Crippen LogP contribution < -0.4 is 4.74 Å². The zero-order valence-electron chi connectivity index (χ0n) is 8.49. The smallest absolute Gasteiger partial charge is 0.123 e. The first kappa shape index (κ1) is 10.4. The van der Waals surface area contributed by atoms with E-state index in [9.17, 15) is 4.39 Å². The summed E-state index contributed by atoms with van der Waals surface area (Å²) in [6.45, 7) is 1.25. The molecule has 0 amide bonds. The summed E-state index contributed by atoms with van der Waals surface area (Å²) in [7, 11) is 0. The summed E-state index contributed by atoms with van der Waals surface area (Å²) in [5.41, 5.74) is 0. The summed E-state index contributed by atoms with van der Waals surface area (Å²) in [5, 5.41) is 0. The van der Waals surface area contributed by atoms with E-state index in [0.29, 0.717) is 19.0 Å². The number of halogens is 1. The molecular weight excluding hydrogens is 195 g/mol. The summed E-state index contributed by atoms with van der Waals surface area (Å²) in [4.78, 5) is 0. The maximum atomic E-state index is 12.6. The second-order valence-electron chi connectivity index (χ2n) is 3.59. The molecule has 0 aliphatic carbocycles. The molecule has 0 N–H and O–H groups in total. The first-order valence-electron chi connectivity index (χ1n) is 5.16. The summed E-state index contributed by atoms with van der Waals surface area (Å²) < 4.78 is 23.6. The molecule has 1 fully saturated rings. The average Bonchev–Trinajstić information content (AvgIpc) is 2.30. The van der Waals surface area contributed by atoms with Crippen LogP contribution >= 0.6 is 0 Å². The van der Waals surface area contributed by atoms with Gasteiger partial charge in [0.15, 0.2) is 0 Å². The average molecular weight is 209 g/mol. The highest BCUT2D eigenvalue weighted by molar-refractivity contribution is 5.22. The van der Waals surface area contributed by atoms with Crippen molar-refractivity contribution in [3.63, 3.8) is 0 Å². The third-order valence-electron chi connectivity index (χ3n) is 2.39. The van der Waals surface area contributed by atoms with Gasteiger partial charge in [-0.2, -0.15) is 0 Å². The summed E-state index contributed by atoms with van der Waals surface area (Å²) in [6.07, 6.45) is 4.37. The van der Waals surface area contributed by atoms with E-state index >= 15 is 0 Å². The lowest BCUT2D eigenvalue weighted by Gasteiger charge is -2.22. The van der Waals surface area contributed by atoms with Gasteiger partial charge < -0.3 is 9.47 Å². The molecule has 1 aliphatic rings. The normalized spacial score (nSPS) is 21.3. The molecule has 0 saturated carbocycles. The Balaban J connectivity index is 1.79. The molecule has 0 spiro atoms. The quantitative estimate of drug-likeness (QED) is 0.761. The van der Waals surface area contributed by atoms with E-state index in [1.807, 2.05) is 0 Å². The third kappa shape index (κ3) is 3.20. The summed E-state index contributed by atoms with van der Waals surface area (Å²) in [6, 6.07) is 6.05. The standard InChI is InChI=1S/C12H14FO2/c13-10-4-6-11(7-5-10)15-9-12-3-1-2-8-14-12/h2,4-7,12H,1,3,8-9H2. The molecule has 1 heterocycles. The highest BCUT2D eigenvalue weighted by Gasteiger charge is 2.14. The molecular formula is C12H14FO2. The molecule has 1 aliphatic heterocycles. The van der Waals surface area contributed by atoms with Gasteiger partial charge in [0.25, 0.3) is 0 Å². The van der Waals surface area contributed by atoms with Gasteiger partial charge in [0.1, 0.15) is 18.2 Å². The molecule has 2 rings (SSSR count). The van der Waals surface area contributed by atoms with Crippen LogP contribution in [0.15, 0.2) is 24.3 Å². The second kappa shape index (κ2) is 5.12. The van der Waals surface area contributed by atoms with Gasteiger partial charge in [0.05, 0.1) is 12.7 Å². The Morgan fingerprint density at radius 1 is 1.33 bits per heavy atom. The lowest BCUT2D eigenvalue weighted by atomic mass is 10.1. The van der Waals surface area contributed by atoms with Crippen molar-refractivity contribution in [1.29, 1.82) is 0 Å². The van der Waals surface area contributed by atoms with Crippen LogP contribution in [0.3, 0.4) is 0 Å². The topological polar surface area (TPSA) is 18.5 Å². The lowest BCUT2D eigenvalue weighted by molar-refractivity contribution is 0.00844. The van der Waals surface area contributed by atoms with Crippen molar-refractivity contribution < 1.29 is 13.9 Å². The van der Waals surface area contributed by atoms with Gasteiger partial charge in [-0.3, -0.25) is 0 Å². The minimum atomic E-state index is -0.245. The van der Waals surface area contributed by atoms with Crippen LogP contribution in [0.5, 0.6) is 5.75 Å². The van der Waals surface area contributed by atoms with Crippen molar-refractivity contribution >= 4 is 0 Å². The van der Waals surface area contributed by atoms with Crippen molar-refractivity contribution in [1.82, 2.24) is 0 Å². The number of hydrogen-bond donors (Lipinski definition) is 0. The molecule has 0 bridgehead atoms. The number of rotatable bonds is 3. The van der Waals surface area contributed by atoms with E-state index in [2.05, 4.69) is 6.42 Å². The van der Waals surface area contributed by atoms with Gasteiger partial charge in [-0.05, 0) is 43.5 Å². The van der Waals surface area contributed by atoms with E-state index in [-0.39, 0.29) is 11.9 Å². The van der Waals surface area contributed by atoms with E-state index in [1.165, 1.54) is 12.1 Å². The van der Waals surface area contributed by atoms with Crippen molar-refractivity contribution in [2.45, 2.75) is 18.9 Å². The van der Waals surface area contributed by atoms with Crippen LogP contribution in [0.25, 0.3) is 0 Å². The Labute approximate surface area is 89.0 Å². The Morgan fingerprint density at radius 3 is 2.80 bits per heavy atom. The molecule has 1 saturated heterocycles. The van der Waals surface area contributed by atoms with E-state index in [1.54, 1.807) is 12.1 Å². The Hall–Kier alpha value is -1.09. The molecule has 1 atom stereocenters. The van der Waals surface area contributed by atoms with Crippen LogP contribution in [0.1, 0.15) is 12.8 Å². The number of benzene rings is 1. The minimum Gasteiger partial charge on any atom is -0.491 e. The molecule has 1 aromatic rings. The van der Waals surface area contributed by atoms with E-state index < -0.39 is 0 Å². The number of ether oxygens (including phenoxy) is 2. The van der Waals surface area contributed by atoms with Gasteiger partial charge in [0, 0.05) is 0 Å². The van der Waals surface area contributed by atoms with Gasteiger partial charge in [-0.1, -0.05) is 0 Å². The van der Waals surface area contributed by atoms with Crippen molar-refractivity contribution in [2.75, 3.05) is 13.2 Å². The van der Waals surface area contributed by atoms with Crippen LogP contribution in [0.4, 0.5) is 4.39 Å². The molecule has 15 heavy (non-hydrogen) atoms. The Bertz CT molecular complexity index is 291. The molecule has 0 aromatic heterocycles. The molecule has 1 aromatic carbocycles. The highest BCUT2D eigenvalue weighted by atomic mass is 19.1. The van der Waals surface area contributed by atoms with E-state index in [4.69, 9.17) is 9.47 Å². The van der Waals surface area contributed by atoms with E-state index in [0.717, 1.165) is 12.8 Å². The predicted octanol–water partition coefficient (Wildman–Crippen LogP) is 2.59. The molecule has 2 nitrogen and oxygen atoms in total. The molecule has 1 radical (unpaired) electrons. The second-order valence-corrected chi connectivity index (χ2v) is 3.59.